The molecule has 5 heteroatoms. The Bertz CT molecular complexity index is 7260. The van der Waals surface area contributed by atoms with Gasteiger partial charge in [-0.1, -0.05) is 206 Å². The summed E-state index contributed by atoms with van der Waals surface area (Å²) in [6, 6.07) is -34.2. The summed E-state index contributed by atoms with van der Waals surface area (Å²) >= 11 is 0. The molecule has 0 aliphatic carbocycles. The molecule has 0 atom stereocenters. The molecule has 0 unspecified atom stereocenters. The summed E-state index contributed by atoms with van der Waals surface area (Å²) in [5.74, 6) is 0. The van der Waals surface area contributed by atoms with Crippen LogP contribution in [-0.2, 0) is 0 Å². The molecule has 0 fully saturated rings. The number of benzene rings is 12. The molecule has 0 saturated heterocycles. The second-order valence-corrected chi connectivity index (χ2v) is 20.9. The van der Waals surface area contributed by atoms with E-state index in [0.717, 1.165) is 0 Å². The quantitative estimate of drug-likeness (QED) is 0.110. The second-order valence-electron chi connectivity index (χ2n) is 17.3. The fourth-order valence-corrected chi connectivity index (χ4v) is 14.1. The Morgan fingerprint density at radius 2 is 0.831 bits per heavy atom. The maximum absolute atomic E-state index is 11.0. The molecule has 77 heavy (non-hydrogen) atoms. The normalized spacial score (nSPS) is 19.4. The molecule has 0 N–H and O–H groups in total. The van der Waals surface area contributed by atoms with Gasteiger partial charge in [-0.05, 0) is 105 Å². The first kappa shape index (κ1) is 19.6. The highest BCUT2D eigenvalue weighted by Crippen LogP contribution is 2.41. The van der Waals surface area contributed by atoms with Crippen LogP contribution in [0.15, 0.2) is 289 Å². The molecule has 0 radical (unpaired) electrons. The van der Waals surface area contributed by atoms with Crippen molar-refractivity contribution in [2.24, 2.45) is 0 Å². The third kappa shape index (κ3) is 6.45. The van der Waals surface area contributed by atoms with Gasteiger partial charge < -0.3 is 18.1 Å². The summed E-state index contributed by atoms with van der Waals surface area (Å²) in [6.07, 6.45) is 0. The predicted molar refractivity (Wildman–Crippen MR) is 326 cm³/mol. The van der Waals surface area contributed by atoms with Crippen LogP contribution in [0.1, 0.15) is 54.8 Å². The second kappa shape index (κ2) is 17.0. The van der Waals surface area contributed by atoms with Gasteiger partial charge in [0.2, 0.25) is 0 Å². The number of hydrogen-bond donors (Lipinski definition) is 0. The molecule has 4 nitrogen and oxygen atoms in total. The zero-order chi connectivity index (χ0) is 85.4. The Hall–Kier alpha value is -9.94. The minimum Gasteiger partial charge on any atom is -0.456 e. The average Bonchev–Trinajstić information content (AvgIpc) is 1.17. The highest BCUT2D eigenvalue weighted by Gasteiger charge is 2.42. The van der Waals surface area contributed by atoms with Gasteiger partial charge in [0.15, 0.2) is 8.07 Å². The molecule has 4 heterocycles. The van der Waals surface area contributed by atoms with Crippen LogP contribution in [0.3, 0.4) is 0 Å². The summed E-state index contributed by atoms with van der Waals surface area (Å²) in [5, 5.41) is -7.01. The number of aromatic nitrogens is 3. The van der Waals surface area contributed by atoms with Crippen molar-refractivity contribution in [1.29, 1.82) is 0 Å². The number of rotatable bonds is 8. The number of nitrogens with zero attached hydrogens (tertiary/aromatic N) is 3. The van der Waals surface area contributed by atoms with Crippen LogP contribution in [-0.4, -0.2) is 21.8 Å². The molecule has 16 rings (SSSR count). The van der Waals surface area contributed by atoms with E-state index in [-0.39, 0.29) is 16.4 Å². The highest BCUT2D eigenvalue weighted by atomic mass is 28.3. The lowest BCUT2D eigenvalue weighted by molar-refractivity contribution is 0.669. The number of fused-ring (bicyclic) bond motifs is 12. The fraction of sp³-hybridized carbons (Fsp3) is 0. The molecule has 4 aromatic heterocycles. The number of para-hydroxylation sites is 6. The van der Waals surface area contributed by atoms with Crippen molar-refractivity contribution in [3.8, 4) is 28.2 Å². The first-order valence-electron chi connectivity index (χ1n) is 43.2. The van der Waals surface area contributed by atoms with Gasteiger partial charge in [-0.3, -0.25) is 0 Å². The van der Waals surface area contributed by atoms with Crippen molar-refractivity contribution in [2.45, 2.75) is 0 Å². The summed E-state index contributed by atoms with van der Waals surface area (Å²) < 4.78 is 390. The van der Waals surface area contributed by atoms with Gasteiger partial charge in [-0.2, -0.15) is 0 Å². The van der Waals surface area contributed by atoms with Crippen LogP contribution in [0.5, 0.6) is 0 Å². The van der Waals surface area contributed by atoms with E-state index in [9.17, 15) is 37.0 Å². The molecule has 360 valence electrons. The van der Waals surface area contributed by atoms with Gasteiger partial charge >= 0.3 is 0 Å². The first-order chi connectivity index (χ1) is 54.8. The lowest BCUT2D eigenvalue weighted by Gasteiger charge is -2.34. The Morgan fingerprint density at radius 3 is 1.52 bits per heavy atom. The van der Waals surface area contributed by atoms with Crippen LogP contribution in [0, 0.1) is 0 Å². The monoisotopic (exact) mass is 1040 g/mol. The van der Waals surface area contributed by atoms with E-state index in [1.165, 1.54) is 18.2 Å². The van der Waals surface area contributed by atoms with Crippen molar-refractivity contribution in [3.63, 3.8) is 0 Å². The van der Waals surface area contributed by atoms with Crippen LogP contribution in [0.2, 0.25) is 0 Å². The van der Waals surface area contributed by atoms with E-state index in [2.05, 4.69) is 0 Å². The van der Waals surface area contributed by atoms with Gasteiger partial charge in [-0.15, -0.1) is 0 Å². The Balaban J connectivity index is 1.11. The van der Waals surface area contributed by atoms with Gasteiger partial charge in [0.1, 0.15) is 11.2 Å². The fourth-order valence-electron chi connectivity index (χ4n) is 10.3. The predicted octanol–water partition coefficient (Wildman–Crippen LogP) is 15.9. The van der Waals surface area contributed by atoms with Crippen LogP contribution < -0.4 is 20.7 Å². The summed E-state index contributed by atoms with van der Waals surface area (Å²) in [6.45, 7) is 0. The molecule has 0 amide bonds. The van der Waals surface area contributed by atoms with Crippen molar-refractivity contribution < 1.29 is 59.2 Å². The Kier molecular flexibility index (Phi) is 4.35. The van der Waals surface area contributed by atoms with E-state index in [1.807, 2.05) is 0 Å². The molecule has 0 spiro atoms. The molecule has 0 aliphatic rings. The van der Waals surface area contributed by atoms with Gasteiger partial charge in [0.25, 0.3) is 0 Å². The highest BCUT2D eigenvalue weighted by molar-refractivity contribution is 7.20. The topological polar surface area (TPSA) is 27.9 Å². The first-order valence-corrected chi connectivity index (χ1v) is 25.2. The molecule has 16 aromatic rings. The summed E-state index contributed by atoms with van der Waals surface area (Å²) in [7, 11) is -6.12. The minimum absolute atomic E-state index is 0.0822. The van der Waals surface area contributed by atoms with Gasteiger partial charge in [0, 0.05) is 60.0 Å². The molecule has 12 aromatic carbocycles. The molecular weight excluding hydrogens is 951 g/mol. The Morgan fingerprint density at radius 1 is 0.312 bits per heavy atom. The summed E-state index contributed by atoms with van der Waals surface area (Å²) in [4.78, 5) is 0. The van der Waals surface area contributed by atoms with Gasteiger partial charge in [-0.25, -0.2) is 0 Å². The van der Waals surface area contributed by atoms with Crippen LogP contribution in [0.4, 0.5) is 0 Å². The van der Waals surface area contributed by atoms with Crippen molar-refractivity contribution in [1.82, 2.24) is 13.7 Å². The standard InChI is InChI=1S/C72H47N3OSi/c1-3-21-51(22-4-1)77(52-23-5-2-6-24-52,54-40-42-62-61-31-12-18-37-71(61)76-72(62)47-54)53-25-19-20-49(45-53)74-65-33-14-8-29-58(65)60-41-39-50(46-70(60)74)73-66-34-15-11-30-59(66)63-44-48(38-43-69(63)73)55-26-7-13-32-64(55)75-67-35-16-9-27-56(67)57-28-10-17-36-68(57)75/h1-47H/i1D,2D,3D,4D,5D,6D,7D,8D,9D,10D,11D,13D,14D,15D,16D,17D,19D,20D,21D,22D,23D,24D,25D,26D,27D,28D,29D,30D,32D,33D,34D,35D,36D,38D,39D,41D,43D,44D,45D,46D. The molecule has 0 aliphatic heterocycles. The lowest BCUT2D eigenvalue weighted by atomic mass is 10.0. The van der Waals surface area contributed by atoms with Gasteiger partial charge in [0.05, 0.1) is 93.6 Å². The van der Waals surface area contributed by atoms with Crippen molar-refractivity contribution >= 4 is 116 Å². The zero-order valence-corrected chi connectivity index (χ0v) is 39.8. The largest absolute Gasteiger partial charge is 0.456 e. The summed E-state index contributed by atoms with van der Waals surface area (Å²) in [5.41, 5.74) is -10.3. The SMILES string of the molecule is [2H]c1c([2H])c([2H])c([Si](c2ccc3c(c2)oc2ccccc23)(c2c([2H])c([2H])c([2H])c([2H])c2[2H])c2c([2H])c([2H])c([2H])c(-n3c4c([2H])c([2H])c([2H])c([2H])c4c4c([2H])c([2H])c(-n5c6c([2H])c([2H])c([2H])c([2H])c6c6c([2H])c(-c7c([2H])c([2H])c([2H])c([2H])c7-n7c8c([2H])c([2H])c([2H])c([2H])c8c8c([2H])c([2H])c([2H])c([2H])c87)c([2H])c([2H])c65)c([2H])c43)c2[2H])c([2H])c1[2H]. The smallest absolute Gasteiger partial charge is 0.179 e. The molecule has 0 bridgehead atoms. The van der Waals surface area contributed by atoms with Crippen molar-refractivity contribution in [2.75, 3.05) is 0 Å². The zero-order valence-electron chi connectivity index (χ0n) is 78.8. The van der Waals surface area contributed by atoms with E-state index >= 15 is 0 Å². The van der Waals surface area contributed by atoms with Crippen molar-refractivity contribution in [3.05, 3.63) is 284 Å². The number of hydrogen-bond acceptors (Lipinski definition) is 1. The van der Waals surface area contributed by atoms with E-state index in [0.29, 0.717) is 24.5 Å². The minimum atomic E-state index is -6.12. The maximum atomic E-state index is 11.0. The van der Waals surface area contributed by atoms with E-state index < -0.39 is 359 Å². The maximum Gasteiger partial charge on any atom is 0.179 e. The van der Waals surface area contributed by atoms with Crippen LogP contribution in [0.25, 0.3) is 116 Å². The third-order valence-corrected chi connectivity index (χ3v) is 17.6. The average molecular weight is 1040 g/mol. The van der Waals surface area contributed by atoms with Crippen LogP contribution >= 0.6 is 0 Å². The number of furan rings is 1. The third-order valence-electron chi connectivity index (χ3n) is 13.5. The molecule has 0 saturated carbocycles. The molecular formula is C72H47N3OSi. The lowest BCUT2D eigenvalue weighted by Crippen LogP contribution is -2.74. The Labute approximate surface area is 501 Å². The van der Waals surface area contributed by atoms with E-state index in [4.69, 9.17) is 22.2 Å². The van der Waals surface area contributed by atoms with E-state index in [1.54, 1.807) is 24.3 Å².